The van der Waals surface area contributed by atoms with Gasteiger partial charge in [-0.05, 0) is 37.6 Å². The van der Waals surface area contributed by atoms with E-state index in [2.05, 4.69) is 17.8 Å². The van der Waals surface area contributed by atoms with Gasteiger partial charge in [0.1, 0.15) is 0 Å². The van der Waals surface area contributed by atoms with E-state index in [4.69, 9.17) is 9.47 Å². The zero-order valence-electron chi connectivity index (χ0n) is 16.3. The second kappa shape index (κ2) is 10.6. The van der Waals surface area contributed by atoms with Crippen molar-refractivity contribution in [3.8, 4) is 11.5 Å². The fraction of sp³-hybridized carbons (Fsp3) is 0.300. The van der Waals surface area contributed by atoms with E-state index in [0.717, 1.165) is 18.9 Å². The molecule has 2 aromatic carbocycles. The molecule has 0 aliphatic heterocycles. The summed E-state index contributed by atoms with van der Waals surface area (Å²) in [5.41, 5.74) is 4.61. The summed E-state index contributed by atoms with van der Waals surface area (Å²) in [4.78, 5) is 34.7. The van der Waals surface area contributed by atoms with Crippen molar-refractivity contribution in [2.24, 2.45) is 0 Å². The van der Waals surface area contributed by atoms with Crippen LogP contribution >= 0.6 is 0 Å². The molecule has 2 rings (SSSR count). The molecule has 0 radical (unpaired) electrons. The van der Waals surface area contributed by atoms with Crippen LogP contribution in [0.4, 0.5) is 5.69 Å². The predicted octanol–water partition coefficient (Wildman–Crippen LogP) is 3.25. The Bertz CT molecular complexity index is 884. The molecule has 0 unspecified atom stereocenters. The minimum Gasteiger partial charge on any atom is -0.490 e. The molecule has 9 heteroatoms. The number of non-ortho nitro benzene ring substituents is 1. The summed E-state index contributed by atoms with van der Waals surface area (Å²) in [5.74, 6) is -0.268. The lowest BCUT2D eigenvalue weighted by molar-refractivity contribution is -0.384. The van der Waals surface area contributed by atoms with Gasteiger partial charge < -0.3 is 9.47 Å². The number of carbonyl (C=O) groups excluding carboxylic acids is 2. The molecule has 2 amide bonds. The third-order valence-corrected chi connectivity index (χ3v) is 3.87. The maximum atomic E-state index is 12.4. The van der Waals surface area contributed by atoms with E-state index in [1.807, 2.05) is 6.92 Å². The van der Waals surface area contributed by atoms with Gasteiger partial charge in [-0.1, -0.05) is 19.4 Å². The molecule has 0 heterocycles. The first kappa shape index (κ1) is 21.7. The Morgan fingerprint density at radius 2 is 1.66 bits per heavy atom. The maximum absolute atomic E-state index is 12.4. The molecule has 0 aliphatic carbocycles. The third-order valence-electron chi connectivity index (χ3n) is 3.87. The molecular formula is C20H23N3O6. The highest BCUT2D eigenvalue weighted by Gasteiger charge is 2.15. The zero-order chi connectivity index (χ0) is 21.2. The van der Waals surface area contributed by atoms with Crippen molar-refractivity contribution >= 4 is 17.5 Å². The van der Waals surface area contributed by atoms with Crippen LogP contribution in [0.15, 0.2) is 42.5 Å². The first-order valence-electron chi connectivity index (χ1n) is 9.21. The van der Waals surface area contributed by atoms with E-state index >= 15 is 0 Å². The lowest BCUT2D eigenvalue weighted by atomic mass is 10.2. The number of hydrogen-bond acceptors (Lipinski definition) is 6. The molecule has 0 bridgehead atoms. The lowest BCUT2D eigenvalue weighted by Gasteiger charge is -2.13. The van der Waals surface area contributed by atoms with Gasteiger partial charge in [-0.25, -0.2) is 0 Å². The van der Waals surface area contributed by atoms with Gasteiger partial charge in [0.05, 0.1) is 18.1 Å². The van der Waals surface area contributed by atoms with Crippen LogP contribution in [0.1, 0.15) is 47.4 Å². The van der Waals surface area contributed by atoms with Crippen LogP contribution in [-0.4, -0.2) is 30.0 Å². The summed E-state index contributed by atoms with van der Waals surface area (Å²) < 4.78 is 11.2. The van der Waals surface area contributed by atoms with Crippen LogP contribution in [-0.2, 0) is 0 Å². The molecular weight excluding hydrogens is 378 g/mol. The molecule has 2 N–H and O–H groups in total. The number of nitrogens with zero attached hydrogens (tertiary/aromatic N) is 1. The number of hydrazine groups is 1. The highest BCUT2D eigenvalue weighted by molar-refractivity contribution is 5.99. The number of nitrogens with one attached hydrogen (secondary N) is 2. The SMILES string of the molecule is CCCCOc1ccc(C(=O)NNC(=O)c2cccc([N+](=O)[O-])c2)cc1OCC. The second-order valence-electron chi connectivity index (χ2n) is 6.01. The van der Waals surface area contributed by atoms with Crippen LogP contribution in [0.25, 0.3) is 0 Å². The van der Waals surface area contributed by atoms with E-state index < -0.39 is 16.7 Å². The van der Waals surface area contributed by atoms with Gasteiger partial charge in [0.2, 0.25) is 0 Å². The van der Waals surface area contributed by atoms with Crippen LogP contribution in [0.2, 0.25) is 0 Å². The molecule has 0 saturated heterocycles. The number of hydrogen-bond donors (Lipinski definition) is 2. The number of rotatable bonds is 9. The van der Waals surface area contributed by atoms with Gasteiger partial charge in [-0.2, -0.15) is 0 Å². The topological polar surface area (TPSA) is 120 Å². The number of benzene rings is 2. The van der Waals surface area contributed by atoms with Crippen LogP contribution in [0.3, 0.4) is 0 Å². The summed E-state index contributed by atoms with van der Waals surface area (Å²) in [6, 6.07) is 9.91. The maximum Gasteiger partial charge on any atom is 0.270 e. The highest BCUT2D eigenvalue weighted by Crippen LogP contribution is 2.28. The fourth-order valence-corrected chi connectivity index (χ4v) is 2.38. The number of amides is 2. The third kappa shape index (κ3) is 6.20. The Hall–Kier alpha value is -3.62. The van der Waals surface area contributed by atoms with Crippen molar-refractivity contribution in [3.63, 3.8) is 0 Å². The van der Waals surface area contributed by atoms with Gasteiger partial charge in [0.25, 0.3) is 17.5 Å². The van der Waals surface area contributed by atoms with E-state index in [1.165, 1.54) is 24.3 Å². The minimum absolute atomic E-state index is 0.0502. The van der Waals surface area contributed by atoms with Crippen molar-refractivity contribution in [3.05, 3.63) is 63.7 Å². The molecule has 2 aromatic rings. The van der Waals surface area contributed by atoms with E-state index in [1.54, 1.807) is 12.1 Å². The zero-order valence-corrected chi connectivity index (χ0v) is 16.3. The van der Waals surface area contributed by atoms with E-state index in [-0.39, 0.29) is 16.8 Å². The standard InChI is InChI=1S/C20H23N3O6/c1-3-5-11-29-17-10-9-15(13-18(17)28-4-2)20(25)22-21-19(24)14-7-6-8-16(12-14)23(26)27/h6-10,12-13H,3-5,11H2,1-2H3,(H,21,24)(H,22,25). The van der Waals surface area contributed by atoms with Crippen molar-refractivity contribution < 1.29 is 24.0 Å². The second-order valence-corrected chi connectivity index (χ2v) is 6.01. The minimum atomic E-state index is -0.674. The summed E-state index contributed by atoms with van der Waals surface area (Å²) in [6.07, 6.45) is 1.90. The number of unbranched alkanes of at least 4 members (excludes halogenated alkanes) is 1. The normalized spacial score (nSPS) is 10.1. The van der Waals surface area contributed by atoms with E-state index in [0.29, 0.717) is 24.7 Å². The summed E-state index contributed by atoms with van der Waals surface area (Å²) in [6.45, 7) is 4.82. The van der Waals surface area contributed by atoms with Crippen molar-refractivity contribution in [1.29, 1.82) is 0 Å². The van der Waals surface area contributed by atoms with Crippen molar-refractivity contribution in [1.82, 2.24) is 10.9 Å². The molecule has 9 nitrogen and oxygen atoms in total. The lowest BCUT2D eigenvalue weighted by Crippen LogP contribution is -2.41. The number of ether oxygens (including phenoxy) is 2. The number of nitro benzene ring substituents is 1. The first-order chi connectivity index (χ1) is 14.0. The van der Waals surface area contributed by atoms with Crippen LogP contribution in [0.5, 0.6) is 11.5 Å². The molecule has 154 valence electrons. The molecule has 0 fully saturated rings. The Morgan fingerprint density at radius 1 is 0.966 bits per heavy atom. The van der Waals surface area contributed by atoms with Crippen molar-refractivity contribution in [2.45, 2.75) is 26.7 Å². The Labute approximate surface area is 168 Å². The van der Waals surface area contributed by atoms with Crippen LogP contribution in [0, 0.1) is 10.1 Å². The predicted molar refractivity (Wildman–Crippen MR) is 106 cm³/mol. The summed E-state index contributed by atoms with van der Waals surface area (Å²) in [5, 5.41) is 10.8. The smallest absolute Gasteiger partial charge is 0.270 e. The van der Waals surface area contributed by atoms with Gasteiger partial charge in [-0.3, -0.25) is 30.6 Å². The van der Waals surface area contributed by atoms with Crippen LogP contribution < -0.4 is 20.3 Å². The van der Waals surface area contributed by atoms with Gasteiger partial charge in [-0.15, -0.1) is 0 Å². The number of carbonyl (C=O) groups is 2. The molecule has 0 atom stereocenters. The molecule has 0 aliphatic rings. The molecule has 0 saturated carbocycles. The van der Waals surface area contributed by atoms with Gasteiger partial charge >= 0.3 is 0 Å². The van der Waals surface area contributed by atoms with E-state index in [9.17, 15) is 19.7 Å². The fourth-order valence-electron chi connectivity index (χ4n) is 2.38. The summed E-state index contributed by atoms with van der Waals surface area (Å²) >= 11 is 0. The Morgan fingerprint density at radius 3 is 2.28 bits per heavy atom. The Balaban J connectivity index is 2.04. The Kier molecular flexibility index (Phi) is 7.96. The average Bonchev–Trinajstić information content (AvgIpc) is 2.73. The van der Waals surface area contributed by atoms with Gasteiger partial charge in [0.15, 0.2) is 11.5 Å². The molecule has 29 heavy (non-hydrogen) atoms. The molecule has 0 aromatic heterocycles. The monoisotopic (exact) mass is 401 g/mol. The first-order valence-corrected chi connectivity index (χ1v) is 9.21. The average molecular weight is 401 g/mol. The largest absolute Gasteiger partial charge is 0.490 e. The quantitative estimate of drug-likeness (QED) is 0.378. The molecule has 0 spiro atoms. The van der Waals surface area contributed by atoms with Gasteiger partial charge in [0, 0.05) is 23.3 Å². The van der Waals surface area contributed by atoms with Crippen molar-refractivity contribution in [2.75, 3.05) is 13.2 Å². The highest BCUT2D eigenvalue weighted by atomic mass is 16.6. The number of nitro groups is 1. The summed E-state index contributed by atoms with van der Waals surface area (Å²) in [7, 11) is 0.